The molecule has 0 aliphatic carbocycles. The van der Waals surface area contributed by atoms with E-state index in [0.717, 1.165) is 6.42 Å². The van der Waals surface area contributed by atoms with Crippen molar-refractivity contribution in [2.75, 3.05) is 6.54 Å². The molecule has 5 heteroatoms. The highest BCUT2D eigenvalue weighted by atomic mass is 19.1. The summed E-state index contributed by atoms with van der Waals surface area (Å²) in [5.41, 5.74) is 5.20. The maximum absolute atomic E-state index is 13.2. The number of amides is 1. The molecule has 0 spiro atoms. The number of hydrogen-bond donors (Lipinski definition) is 2. The molecule has 0 saturated carbocycles. The van der Waals surface area contributed by atoms with E-state index in [1.54, 1.807) is 26.0 Å². The molecule has 2 atom stereocenters. The Morgan fingerprint density at radius 2 is 2.19 bits per heavy atom. The van der Waals surface area contributed by atoms with Gasteiger partial charge in [-0.25, -0.2) is 4.39 Å². The van der Waals surface area contributed by atoms with Crippen LogP contribution in [0.25, 0.3) is 0 Å². The van der Waals surface area contributed by atoms with Crippen molar-refractivity contribution in [1.82, 2.24) is 5.32 Å². The molecule has 0 aromatic heterocycles. The fourth-order valence-electron chi connectivity index (χ4n) is 2.20. The van der Waals surface area contributed by atoms with Crippen molar-refractivity contribution in [3.8, 4) is 5.75 Å². The third-order valence-corrected chi connectivity index (χ3v) is 3.47. The van der Waals surface area contributed by atoms with Gasteiger partial charge in [-0.1, -0.05) is 6.92 Å². The van der Waals surface area contributed by atoms with Crippen LogP contribution in [-0.4, -0.2) is 24.1 Å². The number of benzene rings is 1. The second-order valence-corrected chi connectivity index (χ2v) is 5.67. The van der Waals surface area contributed by atoms with E-state index in [4.69, 9.17) is 10.5 Å². The molecule has 1 aromatic carbocycles. The van der Waals surface area contributed by atoms with E-state index in [1.807, 2.05) is 13.8 Å². The van der Waals surface area contributed by atoms with Crippen molar-refractivity contribution in [2.24, 2.45) is 5.73 Å². The Bertz CT molecular complexity index is 493. The molecule has 118 valence electrons. The Morgan fingerprint density at radius 1 is 1.52 bits per heavy atom. The second-order valence-electron chi connectivity index (χ2n) is 5.67. The van der Waals surface area contributed by atoms with Gasteiger partial charge in [-0.05, 0) is 57.5 Å². The molecule has 1 aromatic rings. The van der Waals surface area contributed by atoms with Gasteiger partial charge in [0.25, 0.3) is 0 Å². The summed E-state index contributed by atoms with van der Waals surface area (Å²) in [5.74, 6) is -0.0769. The SMILES string of the molecule is CCCNC(C)(CC(C)Oc1ccc(F)c(C)c1)C(N)=O. The first kappa shape index (κ1) is 17.4. The summed E-state index contributed by atoms with van der Waals surface area (Å²) >= 11 is 0. The minimum Gasteiger partial charge on any atom is -0.491 e. The fraction of sp³-hybridized carbons (Fsp3) is 0.562. The first-order valence-corrected chi connectivity index (χ1v) is 7.26. The van der Waals surface area contributed by atoms with E-state index < -0.39 is 11.4 Å². The van der Waals surface area contributed by atoms with Crippen molar-refractivity contribution in [3.05, 3.63) is 29.6 Å². The van der Waals surface area contributed by atoms with Gasteiger partial charge in [0.1, 0.15) is 11.6 Å². The summed E-state index contributed by atoms with van der Waals surface area (Å²) in [6.45, 7) is 8.06. The van der Waals surface area contributed by atoms with Gasteiger partial charge in [-0.2, -0.15) is 0 Å². The van der Waals surface area contributed by atoms with Gasteiger partial charge < -0.3 is 15.8 Å². The van der Waals surface area contributed by atoms with E-state index >= 15 is 0 Å². The summed E-state index contributed by atoms with van der Waals surface area (Å²) in [6, 6.07) is 4.60. The summed E-state index contributed by atoms with van der Waals surface area (Å²) in [5, 5.41) is 3.17. The monoisotopic (exact) mass is 296 g/mol. The van der Waals surface area contributed by atoms with E-state index in [2.05, 4.69) is 5.32 Å². The van der Waals surface area contributed by atoms with Crippen LogP contribution in [0.4, 0.5) is 4.39 Å². The number of hydrogen-bond acceptors (Lipinski definition) is 3. The maximum atomic E-state index is 13.2. The number of nitrogens with one attached hydrogen (secondary N) is 1. The van der Waals surface area contributed by atoms with Gasteiger partial charge in [0.2, 0.25) is 5.91 Å². The van der Waals surface area contributed by atoms with Crippen molar-refractivity contribution in [1.29, 1.82) is 0 Å². The minimum absolute atomic E-state index is 0.225. The maximum Gasteiger partial charge on any atom is 0.237 e. The fourth-order valence-corrected chi connectivity index (χ4v) is 2.20. The van der Waals surface area contributed by atoms with Gasteiger partial charge in [0, 0.05) is 6.42 Å². The lowest BCUT2D eigenvalue weighted by molar-refractivity contribution is -0.124. The Morgan fingerprint density at radius 3 is 2.71 bits per heavy atom. The standard InChI is InChI=1S/C16H25FN2O2/c1-5-8-19-16(4,15(18)20)10-12(3)21-13-6-7-14(17)11(2)9-13/h6-7,9,12,19H,5,8,10H2,1-4H3,(H2,18,20). The molecule has 0 saturated heterocycles. The molecular formula is C16H25FN2O2. The van der Waals surface area contributed by atoms with Crippen LogP contribution in [-0.2, 0) is 4.79 Å². The van der Waals surface area contributed by atoms with Gasteiger partial charge in [-0.3, -0.25) is 4.79 Å². The average molecular weight is 296 g/mol. The van der Waals surface area contributed by atoms with Gasteiger partial charge in [0.05, 0.1) is 11.6 Å². The van der Waals surface area contributed by atoms with Gasteiger partial charge in [-0.15, -0.1) is 0 Å². The molecule has 0 heterocycles. The van der Waals surface area contributed by atoms with Crippen molar-refractivity contribution >= 4 is 5.91 Å². The van der Waals surface area contributed by atoms with E-state index in [1.165, 1.54) is 6.07 Å². The normalized spacial score (nSPS) is 15.3. The number of ether oxygens (including phenoxy) is 1. The number of nitrogens with two attached hydrogens (primary N) is 1. The quantitative estimate of drug-likeness (QED) is 0.775. The topological polar surface area (TPSA) is 64.3 Å². The lowest BCUT2D eigenvalue weighted by Gasteiger charge is -2.30. The number of primary amides is 1. The molecule has 0 aliphatic heterocycles. The van der Waals surface area contributed by atoms with Crippen molar-refractivity contribution < 1.29 is 13.9 Å². The molecule has 3 N–H and O–H groups in total. The van der Waals surface area contributed by atoms with Crippen LogP contribution >= 0.6 is 0 Å². The van der Waals surface area contributed by atoms with E-state index in [0.29, 0.717) is 24.3 Å². The molecule has 1 rings (SSSR count). The highest BCUT2D eigenvalue weighted by molar-refractivity contribution is 5.84. The van der Waals surface area contributed by atoms with Crippen LogP contribution in [0.15, 0.2) is 18.2 Å². The highest BCUT2D eigenvalue weighted by Gasteiger charge is 2.32. The number of halogens is 1. The summed E-state index contributed by atoms with van der Waals surface area (Å²) in [6.07, 6.45) is 1.13. The van der Waals surface area contributed by atoms with Crippen molar-refractivity contribution in [2.45, 2.75) is 52.2 Å². The molecule has 1 amide bonds. The van der Waals surface area contributed by atoms with Crippen LogP contribution in [0.1, 0.15) is 39.2 Å². The highest BCUT2D eigenvalue weighted by Crippen LogP contribution is 2.21. The molecule has 0 aliphatic rings. The number of rotatable bonds is 8. The first-order valence-electron chi connectivity index (χ1n) is 7.26. The molecule has 0 bridgehead atoms. The Balaban J connectivity index is 2.71. The molecular weight excluding hydrogens is 271 g/mol. The molecule has 4 nitrogen and oxygen atoms in total. The Labute approximate surface area is 125 Å². The Kier molecular flexibility index (Phi) is 6.15. The molecule has 0 radical (unpaired) electrons. The predicted molar refractivity (Wildman–Crippen MR) is 81.7 cm³/mol. The van der Waals surface area contributed by atoms with Gasteiger partial charge in [0.15, 0.2) is 0 Å². The zero-order chi connectivity index (χ0) is 16.0. The zero-order valence-corrected chi connectivity index (χ0v) is 13.2. The number of aryl methyl sites for hydroxylation is 1. The smallest absolute Gasteiger partial charge is 0.237 e. The average Bonchev–Trinajstić information content (AvgIpc) is 2.40. The minimum atomic E-state index is -0.815. The zero-order valence-electron chi connectivity index (χ0n) is 13.2. The third-order valence-electron chi connectivity index (χ3n) is 3.47. The number of carbonyl (C=O) groups is 1. The van der Waals surface area contributed by atoms with Crippen LogP contribution in [0.2, 0.25) is 0 Å². The molecule has 21 heavy (non-hydrogen) atoms. The van der Waals surface area contributed by atoms with E-state index in [9.17, 15) is 9.18 Å². The lowest BCUT2D eigenvalue weighted by atomic mass is 9.93. The van der Waals surface area contributed by atoms with Gasteiger partial charge >= 0.3 is 0 Å². The predicted octanol–water partition coefficient (Wildman–Crippen LogP) is 2.54. The number of carbonyl (C=O) groups excluding carboxylic acids is 1. The summed E-state index contributed by atoms with van der Waals surface area (Å²) in [4.78, 5) is 11.7. The first-order chi connectivity index (χ1) is 9.78. The molecule has 2 unspecified atom stereocenters. The van der Waals surface area contributed by atoms with E-state index in [-0.39, 0.29) is 11.9 Å². The lowest BCUT2D eigenvalue weighted by Crippen LogP contribution is -2.55. The van der Waals surface area contributed by atoms with Crippen LogP contribution in [0.3, 0.4) is 0 Å². The summed E-state index contributed by atoms with van der Waals surface area (Å²) < 4.78 is 19.0. The Hall–Kier alpha value is -1.62. The largest absolute Gasteiger partial charge is 0.491 e. The van der Waals surface area contributed by atoms with Crippen LogP contribution < -0.4 is 15.8 Å². The van der Waals surface area contributed by atoms with Crippen LogP contribution in [0, 0.1) is 12.7 Å². The van der Waals surface area contributed by atoms with Crippen LogP contribution in [0.5, 0.6) is 5.75 Å². The summed E-state index contributed by atoms with van der Waals surface area (Å²) in [7, 11) is 0. The second kappa shape index (κ2) is 7.41. The molecule has 0 fully saturated rings. The third kappa shape index (κ3) is 5.01. The van der Waals surface area contributed by atoms with Crippen molar-refractivity contribution in [3.63, 3.8) is 0 Å².